The predicted octanol–water partition coefficient (Wildman–Crippen LogP) is 3.17. The fourth-order valence-electron chi connectivity index (χ4n) is 3.31. The molecule has 0 radical (unpaired) electrons. The highest BCUT2D eigenvalue weighted by Gasteiger charge is 2.36. The average Bonchev–Trinajstić information content (AvgIpc) is 2.70. The van der Waals surface area contributed by atoms with E-state index >= 15 is 0 Å². The van der Waals surface area contributed by atoms with E-state index in [0.29, 0.717) is 28.6 Å². The monoisotopic (exact) mass is 448 g/mol. The van der Waals surface area contributed by atoms with Crippen LogP contribution in [-0.4, -0.2) is 47.4 Å². The lowest BCUT2D eigenvalue weighted by molar-refractivity contribution is -0.122. The molecule has 31 heavy (non-hydrogen) atoms. The van der Waals surface area contributed by atoms with E-state index in [-0.39, 0.29) is 12.0 Å². The van der Waals surface area contributed by atoms with Crippen LogP contribution in [0.4, 0.5) is 11.4 Å². The van der Waals surface area contributed by atoms with Crippen molar-refractivity contribution in [2.75, 3.05) is 36.6 Å². The second kappa shape index (κ2) is 8.30. The lowest BCUT2D eigenvalue weighted by Gasteiger charge is -2.35. The van der Waals surface area contributed by atoms with Crippen LogP contribution in [0.5, 0.6) is 17.2 Å². The first-order valence-electron chi connectivity index (χ1n) is 9.76. The zero-order valence-corrected chi connectivity index (χ0v) is 19.4. The van der Waals surface area contributed by atoms with E-state index in [0.717, 1.165) is 11.8 Å². The van der Waals surface area contributed by atoms with E-state index in [4.69, 9.17) is 14.2 Å². The molecule has 1 aliphatic rings. The standard InChI is InChI=1S/C22H28N2O6S/c1-22(2,3)14-7-9-17-16(11-14)24(31(6,26)27)13-20(30-17)21(25)23-15-8-10-18(28-4)19(12-15)29-5/h7-12,20H,13H2,1-6H3,(H,23,25)/t20-/m1/s1. The Labute approximate surface area is 183 Å². The van der Waals surface area contributed by atoms with Crippen LogP contribution in [0.25, 0.3) is 0 Å². The van der Waals surface area contributed by atoms with E-state index in [9.17, 15) is 13.2 Å². The van der Waals surface area contributed by atoms with E-state index < -0.39 is 22.0 Å². The Hall–Kier alpha value is -2.94. The third kappa shape index (κ3) is 4.87. The maximum atomic E-state index is 12.9. The molecule has 1 aliphatic heterocycles. The van der Waals surface area contributed by atoms with Gasteiger partial charge in [0.1, 0.15) is 5.75 Å². The minimum atomic E-state index is -3.62. The zero-order valence-electron chi connectivity index (χ0n) is 18.6. The van der Waals surface area contributed by atoms with Crippen LogP contribution in [0, 0.1) is 0 Å². The van der Waals surface area contributed by atoms with Crippen LogP contribution in [0.1, 0.15) is 26.3 Å². The number of carbonyl (C=O) groups excluding carboxylic acids is 1. The zero-order chi connectivity index (χ0) is 23.0. The van der Waals surface area contributed by atoms with Gasteiger partial charge in [-0.1, -0.05) is 26.8 Å². The number of rotatable bonds is 5. The lowest BCUT2D eigenvalue weighted by Crippen LogP contribution is -2.48. The van der Waals surface area contributed by atoms with Gasteiger partial charge in [-0.25, -0.2) is 8.42 Å². The number of nitrogens with zero attached hydrogens (tertiary/aromatic N) is 1. The Morgan fingerprint density at radius 2 is 1.77 bits per heavy atom. The van der Waals surface area contributed by atoms with Gasteiger partial charge in [-0.05, 0) is 35.2 Å². The number of ether oxygens (including phenoxy) is 3. The van der Waals surface area contributed by atoms with Crippen molar-refractivity contribution in [1.29, 1.82) is 0 Å². The van der Waals surface area contributed by atoms with E-state index in [1.165, 1.54) is 18.5 Å². The quantitative estimate of drug-likeness (QED) is 0.755. The summed E-state index contributed by atoms with van der Waals surface area (Å²) in [4.78, 5) is 12.9. The fourth-order valence-corrected chi connectivity index (χ4v) is 4.21. The summed E-state index contributed by atoms with van der Waals surface area (Å²) in [5.74, 6) is 0.868. The number of hydrogen-bond acceptors (Lipinski definition) is 6. The predicted molar refractivity (Wildman–Crippen MR) is 120 cm³/mol. The maximum absolute atomic E-state index is 12.9. The molecule has 0 bridgehead atoms. The SMILES string of the molecule is COc1ccc(NC(=O)[C@H]2CN(S(C)(=O)=O)c3cc(C(C)(C)C)ccc3O2)cc1OC. The van der Waals surface area contributed by atoms with Crippen molar-refractivity contribution in [1.82, 2.24) is 0 Å². The summed E-state index contributed by atoms with van der Waals surface area (Å²) < 4.78 is 42.6. The van der Waals surface area contributed by atoms with Gasteiger partial charge in [-0.2, -0.15) is 0 Å². The van der Waals surface area contributed by atoms with Gasteiger partial charge in [0.2, 0.25) is 10.0 Å². The topological polar surface area (TPSA) is 94.2 Å². The summed E-state index contributed by atoms with van der Waals surface area (Å²) in [7, 11) is -0.601. The van der Waals surface area contributed by atoms with Crippen molar-refractivity contribution >= 4 is 27.3 Å². The van der Waals surface area contributed by atoms with Gasteiger partial charge in [0.25, 0.3) is 5.91 Å². The molecule has 168 valence electrons. The van der Waals surface area contributed by atoms with Gasteiger partial charge in [0.05, 0.1) is 32.7 Å². The molecule has 0 aliphatic carbocycles. The molecule has 0 unspecified atom stereocenters. The number of nitrogens with one attached hydrogen (secondary N) is 1. The van der Waals surface area contributed by atoms with Gasteiger partial charge in [-0.15, -0.1) is 0 Å². The van der Waals surface area contributed by atoms with Gasteiger partial charge in [-0.3, -0.25) is 9.10 Å². The molecule has 1 amide bonds. The number of sulfonamides is 1. The van der Waals surface area contributed by atoms with Crippen molar-refractivity contribution in [3.63, 3.8) is 0 Å². The van der Waals surface area contributed by atoms with Crippen LogP contribution < -0.4 is 23.8 Å². The minimum absolute atomic E-state index is 0.126. The Morgan fingerprint density at radius 1 is 1.10 bits per heavy atom. The highest BCUT2D eigenvalue weighted by Crippen LogP contribution is 2.39. The Balaban J connectivity index is 1.90. The lowest BCUT2D eigenvalue weighted by atomic mass is 9.86. The molecule has 2 aromatic rings. The first-order chi connectivity index (χ1) is 14.4. The molecule has 0 spiro atoms. The van der Waals surface area contributed by atoms with Crippen LogP contribution in [-0.2, 0) is 20.2 Å². The van der Waals surface area contributed by atoms with Gasteiger partial charge < -0.3 is 19.5 Å². The van der Waals surface area contributed by atoms with Crippen LogP contribution in [0.3, 0.4) is 0 Å². The number of methoxy groups -OCH3 is 2. The molecule has 8 nitrogen and oxygen atoms in total. The highest BCUT2D eigenvalue weighted by atomic mass is 32.2. The molecule has 9 heteroatoms. The number of amides is 1. The minimum Gasteiger partial charge on any atom is -0.493 e. The van der Waals surface area contributed by atoms with Gasteiger partial charge in [0.15, 0.2) is 17.6 Å². The number of carbonyl (C=O) groups is 1. The maximum Gasteiger partial charge on any atom is 0.267 e. The summed E-state index contributed by atoms with van der Waals surface area (Å²) in [6.07, 6.45) is 0.102. The molecule has 1 N–H and O–H groups in total. The summed E-state index contributed by atoms with van der Waals surface area (Å²) in [6, 6.07) is 10.4. The Morgan fingerprint density at radius 3 is 2.35 bits per heavy atom. The van der Waals surface area contributed by atoms with Crippen molar-refractivity contribution in [3.05, 3.63) is 42.0 Å². The van der Waals surface area contributed by atoms with Gasteiger partial charge >= 0.3 is 0 Å². The molecule has 1 atom stereocenters. The van der Waals surface area contributed by atoms with E-state index in [1.54, 1.807) is 30.3 Å². The van der Waals surface area contributed by atoms with E-state index in [2.05, 4.69) is 5.32 Å². The normalized spacial score (nSPS) is 16.2. The van der Waals surface area contributed by atoms with Crippen molar-refractivity contribution in [3.8, 4) is 17.2 Å². The summed E-state index contributed by atoms with van der Waals surface area (Å²) in [5, 5.41) is 2.76. The third-order valence-corrected chi connectivity index (χ3v) is 6.18. The average molecular weight is 449 g/mol. The van der Waals surface area contributed by atoms with Crippen LogP contribution in [0.15, 0.2) is 36.4 Å². The van der Waals surface area contributed by atoms with Crippen LogP contribution in [0.2, 0.25) is 0 Å². The summed E-state index contributed by atoms with van der Waals surface area (Å²) >= 11 is 0. The first-order valence-corrected chi connectivity index (χ1v) is 11.6. The smallest absolute Gasteiger partial charge is 0.267 e. The largest absolute Gasteiger partial charge is 0.493 e. The van der Waals surface area contributed by atoms with Crippen LogP contribution >= 0.6 is 0 Å². The highest BCUT2D eigenvalue weighted by molar-refractivity contribution is 7.92. The molecule has 3 rings (SSSR count). The second-order valence-electron chi connectivity index (χ2n) is 8.39. The van der Waals surface area contributed by atoms with E-state index in [1.807, 2.05) is 26.8 Å². The Bertz CT molecular complexity index is 1090. The molecule has 1 heterocycles. The fraction of sp³-hybridized carbons (Fsp3) is 0.409. The number of anilines is 2. The van der Waals surface area contributed by atoms with Crippen molar-refractivity contribution < 1.29 is 27.4 Å². The first kappa shape index (κ1) is 22.7. The van der Waals surface area contributed by atoms with Crippen molar-refractivity contribution in [2.45, 2.75) is 32.3 Å². The second-order valence-corrected chi connectivity index (χ2v) is 10.3. The molecule has 0 saturated carbocycles. The van der Waals surface area contributed by atoms with Gasteiger partial charge in [0, 0.05) is 11.8 Å². The number of fused-ring (bicyclic) bond motifs is 1. The van der Waals surface area contributed by atoms with Crippen molar-refractivity contribution in [2.24, 2.45) is 0 Å². The number of benzene rings is 2. The summed E-state index contributed by atoms with van der Waals surface area (Å²) in [5.41, 5.74) is 1.72. The molecular weight excluding hydrogens is 420 g/mol. The summed E-state index contributed by atoms with van der Waals surface area (Å²) in [6.45, 7) is 6.01. The molecule has 0 aromatic heterocycles. The third-order valence-electron chi connectivity index (χ3n) is 5.04. The molecular formula is C22H28N2O6S. The number of hydrogen-bond donors (Lipinski definition) is 1. The molecule has 2 aromatic carbocycles. The Kier molecular flexibility index (Phi) is 6.09. The molecule has 0 fully saturated rings. The molecule has 0 saturated heterocycles.